The van der Waals surface area contributed by atoms with E-state index in [1.165, 1.54) is 54.6 Å². The van der Waals surface area contributed by atoms with Gasteiger partial charge in [0.25, 0.3) is 20.2 Å². The molecule has 0 radical (unpaired) electrons. The quantitative estimate of drug-likeness (QED) is 0.0458. The summed E-state index contributed by atoms with van der Waals surface area (Å²) in [6, 6.07) is 15.9. The zero-order chi connectivity index (χ0) is 41.2. The molecule has 0 bridgehead atoms. The second-order valence-electron chi connectivity index (χ2n) is 12.7. The summed E-state index contributed by atoms with van der Waals surface area (Å²) in [7, 11) is -9.96. The predicted molar refractivity (Wildman–Crippen MR) is 210 cm³/mol. The van der Waals surface area contributed by atoms with Crippen molar-refractivity contribution in [1.82, 2.24) is 15.0 Å². The SMILES string of the molecule is CCCCC(CNc1ccc(Nc2cc(S(=O)(=O)O)c(N)c3c2C(=O)c2ccccc2C3=O)cc1S(=O)(=O)O)Nc1nc(Cl)nc(Nc2cccc(C(=O)O)c2)n1. The van der Waals surface area contributed by atoms with Crippen molar-refractivity contribution in [1.29, 1.82) is 0 Å². The Hall–Kier alpha value is -6.19. The first-order valence-electron chi connectivity index (χ1n) is 17.0. The maximum Gasteiger partial charge on any atom is 0.335 e. The van der Waals surface area contributed by atoms with E-state index in [1.54, 1.807) is 6.07 Å². The fourth-order valence-corrected chi connectivity index (χ4v) is 7.64. The molecule has 9 N–H and O–H groups in total. The summed E-state index contributed by atoms with van der Waals surface area (Å²) in [5.41, 5.74) is 4.63. The third-order valence-corrected chi connectivity index (χ3v) is 10.7. The molecular formula is C36H33ClN8O10S2. The van der Waals surface area contributed by atoms with E-state index in [0.29, 0.717) is 12.1 Å². The number of nitrogen functional groups attached to an aromatic ring is 1. The number of ketones is 2. The fourth-order valence-electron chi connectivity index (χ4n) is 6.14. The Bertz CT molecular complexity index is 2680. The molecule has 0 saturated carbocycles. The number of halogens is 1. The number of aromatic carboxylic acids is 1. The van der Waals surface area contributed by atoms with Crippen LogP contribution in [0.25, 0.3) is 0 Å². The molecule has 1 aliphatic carbocycles. The van der Waals surface area contributed by atoms with Crippen molar-refractivity contribution in [3.05, 3.63) is 106 Å². The van der Waals surface area contributed by atoms with Crippen molar-refractivity contribution < 1.29 is 45.4 Å². The lowest BCUT2D eigenvalue weighted by Gasteiger charge is -2.24. The number of fused-ring (bicyclic) bond motifs is 2. The van der Waals surface area contributed by atoms with Gasteiger partial charge in [-0.05, 0) is 60.5 Å². The van der Waals surface area contributed by atoms with E-state index in [4.69, 9.17) is 17.3 Å². The van der Waals surface area contributed by atoms with Crippen molar-refractivity contribution in [2.75, 3.05) is 33.5 Å². The van der Waals surface area contributed by atoms with Crippen LogP contribution in [0, 0.1) is 0 Å². The average Bonchev–Trinajstić information content (AvgIpc) is 3.14. The summed E-state index contributed by atoms with van der Waals surface area (Å²) in [5.74, 6) is -2.52. The average molecular weight is 837 g/mol. The van der Waals surface area contributed by atoms with Crippen LogP contribution in [0.1, 0.15) is 68.4 Å². The minimum Gasteiger partial charge on any atom is -0.478 e. The van der Waals surface area contributed by atoms with Gasteiger partial charge < -0.3 is 32.1 Å². The number of carbonyl (C=O) groups excluding carboxylic acids is 2. The number of hydrogen-bond donors (Lipinski definition) is 8. The number of unbranched alkanes of at least 4 members (excludes halogenated alkanes) is 1. The minimum absolute atomic E-state index is 0.0129. The molecule has 57 heavy (non-hydrogen) atoms. The highest BCUT2D eigenvalue weighted by Gasteiger charge is 2.36. The standard InChI is InChI=1S/C36H33ClN8O10S2/c1-2-3-8-21(42-36-44-34(37)43-35(45-36)41-19-9-6-7-18(14-19)33(48)49)17-39-24-13-12-20(15-26(24)56(50,51)52)40-25-16-27(57(53,54)55)30(38)29-28(25)31(46)22-10-4-5-11-23(22)32(29)47/h4-7,9-16,21,39-40H,2-3,8,17,38H2,1H3,(H,48,49)(H,50,51,52)(H,53,54,55)(H2,41,42,43,44,45). The van der Waals surface area contributed by atoms with E-state index in [0.717, 1.165) is 25.0 Å². The van der Waals surface area contributed by atoms with Gasteiger partial charge in [-0.1, -0.05) is 50.1 Å². The normalized spacial score (nSPS) is 13.0. The molecule has 0 spiro atoms. The Balaban J connectivity index is 1.29. The zero-order valence-electron chi connectivity index (χ0n) is 29.6. The van der Waals surface area contributed by atoms with Crippen LogP contribution in [0.5, 0.6) is 0 Å². The Morgan fingerprint density at radius 2 is 1.44 bits per heavy atom. The van der Waals surface area contributed by atoms with Crippen LogP contribution in [-0.4, -0.2) is 76.1 Å². The van der Waals surface area contributed by atoms with Crippen molar-refractivity contribution in [2.45, 2.75) is 42.0 Å². The largest absolute Gasteiger partial charge is 0.478 e. The van der Waals surface area contributed by atoms with Gasteiger partial charge in [0.15, 0.2) is 11.6 Å². The maximum absolute atomic E-state index is 13.7. The molecule has 6 rings (SSSR count). The van der Waals surface area contributed by atoms with E-state index in [1.807, 2.05) is 6.92 Å². The van der Waals surface area contributed by atoms with Gasteiger partial charge >= 0.3 is 5.97 Å². The van der Waals surface area contributed by atoms with Gasteiger partial charge in [0, 0.05) is 35.1 Å². The van der Waals surface area contributed by atoms with Crippen LogP contribution < -0.4 is 27.0 Å². The molecule has 4 aromatic carbocycles. The van der Waals surface area contributed by atoms with Gasteiger partial charge in [-0.25, -0.2) is 4.79 Å². The topological polar surface area (TPSA) is 293 Å². The molecule has 0 amide bonds. The summed E-state index contributed by atoms with van der Waals surface area (Å²) in [5, 5.41) is 20.9. The minimum atomic E-state index is -5.03. The van der Waals surface area contributed by atoms with E-state index in [-0.39, 0.29) is 63.0 Å². The van der Waals surface area contributed by atoms with Crippen LogP contribution in [0.2, 0.25) is 5.28 Å². The van der Waals surface area contributed by atoms with E-state index in [2.05, 4.69) is 36.2 Å². The number of carboxylic acid groups (broad SMARTS) is 1. The number of nitrogens with zero attached hydrogens (tertiary/aromatic N) is 3. The summed E-state index contributed by atoms with van der Waals surface area (Å²) in [4.78, 5) is 49.7. The summed E-state index contributed by atoms with van der Waals surface area (Å²) >= 11 is 6.18. The smallest absolute Gasteiger partial charge is 0.335 e. The molecule has 1 atom stereocenters. The van der Waals surface area contributed by atoms with Crippen LogP contribution in [0.4, 0.5) is 40.3 Å². The number of anilines is 7. The second kappa shape index (κ2) is 16.1. The number of nitrogens with one attached hydrogen (secondary N) is 4. The monoisotopic (exact) mass is 836 g/mol. The molecule has 1 heterocycles. The first-order chi connectivity index (χ1) is 26.9. The molecule has 0 aliphatic heterocycles. The molecule has 21 heteroatoms. The van der Waals surface area contributed by atoms with Crippen LogP contribution in [0.3, 0.4) is 0 Å². The highest BCUT2D eigenvalue weighted by atomic mass is 35.5. The molecule has 1 unspecified atom stereocenters. The number of benzene rings is 4. The number of hydrogen-bond acceptors (Lipinski definition) is 15. The van der Waals surface area contributed by atoms with Crippen molar-refractivity contribution in [3.63, 3.8) is 0 Å². The van der Waals surface area contributed by atoms with Crippen LogP contribution in [-0.2, 0) is 20.2 Å². The molecule has 1 aliphatic rings. The third-order valence-electron chi connectivity index (χ3n) is 8.77. The zero-order valence-corrected chi connectivity index (χ0v) is 32.0. The molecule has 296 valence electrons. The summed E-state index contributed by atoms with van der Waals surface area (Å²) in [6.45, 7) is 2.03. The lowest BCUT2D eigenvalue weighted by Crippen LogP contribution is -2.30. The van der Waals surface area contributed by atoms with Crippen molar-refractivity contribution in [2.24, 2.45) is 0 Å². The van der Waals surface area contributed by atoms with Crippen molar-refractivity contribution in [3.8, 4) is 0 Å². The Morgan fingerprint density at radius 1 is 0.789 bits per heavy atom. The molecule has 0 saturated heterocycles. The molecule has 0 fully saturated rings. The molecule has 1 aromatic heterocycles. The lowest BCUT2D eigenvalue weighted by atomic mass is 9.82. The Kier molecular flexibility index (Phi) is 11.4. The Labute approximate surface area is 330 Å². The molecule has 18 nitrogen and oxygen atoms in total. The summed E-state index contributed by atoms with van der Waals surface area (Å²) in [6.07, 6.45) is 2.06. The van der Waals surface area contributed by atoms with Crippen molar-refractivity contribution >= 4 is 89.7 Å². The Morgan fingerprint density at radius 3 is 2.09 bits per heavy atom. The summed E-state index contributed by atoms with van der Waals surface area (Å²) < 4.78 is 70.3. The number of carboxylic acids is 1. The number of nitrogens with two attached hydrogens (primary N) is 1. The van der Waals surface area contributed by atoms with Gasteiger partial charge in [0.05, 0.1) is 33.8 Å². The number of carbonyl (C=O) groups is 3. The fraction of sp³-hybridized carbons (Fsp3) is 0.167. The lowest BCUT2D eigenvalue weighted by molar-refractivity contribution is 0.0696. The second-order valence-corrected chi connectivity index (χ2v) is 15.8. The van der Waals surface area contributed by atoms with E-state index < -0.39 is 64.9 Å². The number of aromatic nitrogens is 3. The maximum atomic E-state index is 13.7. The molecule has 5 aromatic rings. The predicted octanol–water partition coefficient (Wildman–Crippen LogP) is 5.64. The molecular weight excluding hydrogens is 804 g/mol. The van der Waals surface area contributed by atoms with Gasteiger partial charge in [0.1, 0.15) is 9.79 Å². The number of rotatable bonds is 15. The van der Waals surface area contributed by atoms with E-state index >= 15 is 0 Å². The van der Waals surface area contributed by atoms with Gasteiger partial charge in [-0.2, -0.15) is 31.8 Å². The van der Waals surface area contributed by atoms with Crippen LogP contribution >= 0.6 is 11.6 Å². The van der Waals surface area contributed by atoms with Gasteiger partial charge in [0.2, 0.25) is 17.2 Å². The van der Waals surface area contributed by atoms with Gasteiger partial charge in [-0.15, -0.1) is 0 Å². The van der Waals surface area contributed by atoms with Gasteiger partial charge in [-0.3, -0.25) is 18.7 Å². The highest BCUT2D eigenvalue weighted by Crippen LogP contribution is 2.40. The van der Waals surface area contributed by atoms with Crippen LogP contribution in [0.15, 0.2) is 82.6 Å². The first-order valence-corrected chi connectivity index (χ1v) is 20.2. The third kappa shape index (κ3) is 8.95. The first kappa shape index (κ1) is 40.5. The van der Waals surface area contributed by atoms with E-state index in [9.17, 15) is 45.4 Å². The highest BCUT2D eigenvalue weighted by molar-refractivity contribution is 7.86.